The molecular weight excluding hydrogens is 577 g/mol. The van der Waals surface area contributed by atoms with Crippen LogP contribution in [-0.4, -0.2) is 16.0 Å². The van der Waals surface area contributed by atoms with Crippen molar-refractivity contribution in [3.05, 3.63) is 99.2 Å². The highest BCUT2D eigenvalue weighted by molar-refractivity contribution is 7.80. The van der Waals surface area contributed by atoms with Crippen LogP contribution >= 0.6 is 47.0 Å². The first-order valence-corrected chi connectivity index (χ1v) is 13.4. The highest BCUT2D eigenvalue weighted by Gasteiger charge is 2.14. The Hall–Kier alpha value is -3.62. The number of furan rings is 1. The molecule has 39 heavy (non-hydrogen) atoms. The van der Waals surface area contributed by atoms with Crippen LogP contribution in [0.3, 0.4) is 0 Å². The molecule has 0 saturated heterocycles. The Morgan fingerprint density at radius 3 is 2.54 bits per heavy atom. The highest BCUT2D eigenvalue weighted by Crippen LogP contribution is 2.33. The molecule has 5 rings (SSSR count). The van der Waals surface area contributed by atoms with Gasteiger partial charge < -0.3 is 14.2 Å². The molecule has 2 aromatic heterocycles. The third kappa shape index (κ3) is 6.52. The predicted octanol–water partition coefficient (Wildman–Crippen LogP) is 8.80. The Labute approximate surface area is 244 Å². The number of carbonyl (C=O) groups excluding carboxylic acids is 1. The number of anilines is 1. The summed E-state index contributed by atoms with van der Waals surface area (Å²) >= 11 is 23.9. The molecule has 0 unspecified atom stereocenters. The molecule has 196 valence electrons. The van der Waals surface area contributed by atoms with Crippen molar-refractivity contribution in [1.29, 1.82) is 0 Å². The quantitative estimate of drug-likeness (QED) is 0.151. The number of aromatic nitrogens is 1. The van der Waals surface area contributed by atoms with Gasteiger partial charge in [0.1, 0.15) is 17.0 Å². The van der Waals surface area contributed by atoms with Crippen molar-refractivity contribution >= 4 is 80.9 Å². The summed E-state index contributed by atoms with van der Waals surface area (Å²) in [6.07, 6.45) is 3.75. The number of hydrogen-bond donors (Lipinski definition) is 2. The van der Waals surface area contributed by atoms with E-state index in [2.05, 4.69) is 22.5 Å². The second kappa shape index (κ2) is 11.6. The van der Waals surface area contributed by atoms with Crippen LogP contribution in [0.15, 0.2) is 81.6 Å². The fourth-order valence-corrected chi connectivity index (χ4v) is 4.79. The number of fused-ring (bicyclic) bond motifs is 1. The third-order valence-corrected chi connectivity index (χ3v) is 6.69. The maximum absolute atomic E-state index is 12.4. The maximum atomic E-state index is 12.4. The number of carbonyl (C=O) groups is 1. The Morgan fingerprint density at radius 2 is 1.77 bits per heavy atom. The highest BCUT2D eigenvalue weighted by atomic mass is 35.5. The number of benzene rings is 3. The summed E-state index contributed by atoms with van der Waals surface area (Å²) in [5, 5.41) is 7.17. The number of oxazole rings is 1. The lowest BCUT2D eigenvalue weighted by molar-refractivity contribution is -0.115. The molecule has 0 atom stereocenters. The van der Waals surface area contributed by atoms with Crippen LogP contribution < -0.4 is 10.6 Å². The fourth-order valence-electron chi connectivity index (χ4n) is 3.84. The number of rotatable bonds is 6. The second-order valence-corrected chi connectivity index (χ2v) is 10.2. The molecule has 0 aliphatic heterocycles. The zero-order valence-electron chi connectivity index (χ0n) is 20.4. The number of nitrogens with zero attached hydrogens (tertiary/aromatic N) is 1. The first kappa shape index (κ1) is 27.0. The van der Waals surface area contributed by atoms with Gasteiger partial charge in [0.15, 0.2) is 10.7 Å². The summed E-state index contributed by atoms with van der Waals surface area (Å²) in [4.78, 5) is 17.0. The lowest BCUT2D eigenvalue weighted by atomic mass is 10.1. The Morgan fingerprint density at radius 1 is 0.974 bits per heavy atom. The first-order valence-electron chi connectivity index (χ1n) is 11.8. The normalized spacial score (nSPS) is 11.3. The minimum absolute atomic E-state index is 0.108. The monoisotopic (exact) mass is 595 g/mol. The van der Waals surface area contributed by atoms with Gasteiger partial charge >= 0.3 is 0 Å². The molecule has 1 amide bonds. The van der Waals surface area contributed by atoms with Crippen molar-refractivity contribution in [2.45, 2.75) is 13.3 Å². The summed E-state index contributed by atoms with van der Waals surface area (Å²) in [6.45, 7) is 2.08. The Balaban J connectivity index is 1.23. The molecule has 2 N–H and O–H groups in total. The number of nitrogens with one attached hydrogen (secondary N) is 2. The van der Waals surface area contributed by atoms with Crippen LogP contribution in [0.5, 0.6) is 0 Å². The summed E-state index contributed by atoms with van der Waals surface area (Å²) in [6, 6.07) is 19.7. The van der Waals surface area contributed by atoms with Crippen LogP contribution in [0.25, 0.3) is 40.0 Å². The summed E-state index contributed by atoms with van der Waals surface area (Å²) < 4.78 is 11.7. The van der Waals surface area contributed by atoms with Crippen molar-refractivity contribution in [3.63, 3.8) is 0 Å². The molecule has 0 aliphatic carbocycles. The molecule has 6 nitrogen and oxygen atoms in total. The molecule has 0 saturated carbocycles. The van der Waals surface area contributed by atoms with Crippen molar-refractivity contribution in [1.82, 2.24) is 10.3 Å². The standard InChI is InChI=1S/C29H20Cl3N3O3S/c1-2-16-3-8-26-24(11-16)34-28(38-26)22-15-20(4-7-23(22)32)33-29(39)35-27(36)10-6-21-5-9-25(37-21)17-12-18(30)14-19(31)13-17/h3-15H,2H2,1H3,(H2,33,35,36,39)/b10-6+. The average molecular weight is 597 g/mol. The largest absolute Gasteiger partial charge is 0.457 e. The van der Waals surface area contributed by atoms with Crippen molar-refractivity contribution in [3.8, 4) is 22.8 Å². The van der Waals surface area contributed by atoms with E-state index in [1.165, 1.54) is 12.2 Å². The smallest absolute Gasteiger partial charge is 0.250 e. The van der Waals surface area contributed by atoms with Gasteiger partial charge in [-0.05, 0) is 90.9 Å². The molecule has 0 spiro atoms. The van der Waals surface area contributed by atoms with E-state index in [1.807, 2.05) is 18.2 Å². The van der Waals surface area contributed by atoms with Crippen LogP contribution in [0.4, 0.5) is 5.69 Å². The average Bonchev–Trinajstić information content (AvgIpc) is 3.55. The van der Waals surface area contributed by atoms with Crippen molar-refractivity contribution in [2.75, 3.05) is 5.32 Å². The summed E-state index contributed by atoms with van der Waals surface area (Å²) in [5.74, 6) is 1.00. The molecule has 0 aliphatic rings. The minimum Gasteiger partial charge on any atom is -0.457 e. The third-order valence-electron chi connectivity index (χ3n) is 5.72. The number of thiocarbonyl (C=S) groups is 1. The van der Waals surface area contributed by atoms with E-state index < -0.39 is 5.91 Å². The molecule has 2 heterocycles. The number of halogens is 3. The van der Waals surface area contributed by atoms with Gasteiger partial charge in [-0.25, -0.2) is 4.98 Å². The van der Waals surface area contributed by atoms with E-state index in [4.69, 9.17) is 55.9 Å². The summed E-state index contributed by atoms with van der Waals surface area (Å²) in [7, 11) is 0. The van der Waals surface area contributed by atoms with Gasteiger partial charge in [-0.2, -0.15) is 0 Å². The van der Waals surface area contributed by atoms with Crippen molar-refractivity contribution in [2.24, 2.45) is 0 Å². The maximum Gasteiger partial charge on any atom is 0.250 e. The van der Waals surface area contributed by atoms with E-state index in [0.717, 1.165) is 23.1 Å². The Kier molecular flexibility index (Phi) is 8.04. The number of amides is 1. The van der Waals surface area contributed by atoms with Crippen LogP contribution in [0.1, 0.15) is 18.2 Å². The van der Waals surface area contributed by atoms with Gasteiger partial charge in [-0.3, -0.25) is 10.1 Å². The van der Waals surface area contributed by atoms with Crippen molar-refractivity contribution < 1.29 is 13.6 Å². The van der Waals surface area contributed by atoms with E-state index in [0.29, 0.717) is 49.3 Å². The zero-order chi connectivity index (χ0) is 27.5. The molecule has 0 radical (unpaired) electrons. The van der Waals surface area contributed by atoms with Crippen LogP contribution in [0, 0.1) is 0 Å². The molecular formula is C29H20Cl3N3O3S. The van der Waals surface area contributed by atoms with Gasteiger partial charge in [-0.15, -0.1) is 0 Å². The number of aryl methyl sites for hydroxylation is 1. The van der Waals surface area contributed by atoms with Gasteiger partial charge in [0, 0.05) is 27.4 Å². The fraction of sp³-hybridized carbons (Fsp3) is 0.0690. The Bertz CT molecular complexity index is 1720. The molecule has 0 bridgehead atoms. The van der Waals surface area contributed by atoms with Crippen LogP contribution in [0.2, 0.25) is 15.1 Å². The molecule has 0 fully saturated rings. The molecule has 10 heteroatoms. The van der Waals surface area contributed by atoms with E-state index >= 15 is 0 Å². The van der Waals surface area contributed by atoms with E-state index in [-0.39, 0.29) is 5.11 Å². The van der Waals surface area contributed by atoms with E-state index in [1.54, 1.807) is 48.5 Å². The molecule has 5 aromatic rings. The zero-order valence-corrected chi connectivity index (χ0v) is 23.5. The summed E-state index contributed by atoms with van der Waals surface area (Å²) in [5.41, 5.74) is 4.53. The van der Waals surface area contributed by atoms with Gasteiger partial charge in [0.05, 0.1) is 10.6 Å². The van der Waals surface area contributed by atoms with Crippen LogP contribution in [-0.2, 0) is 11.2 Å². The topological polar surface area (TPSA) is 80.3 Å². The minimum atomic E-state index is -0.434. The second-order valence-electron chi connectivity index (χ2n) is 8.51. The predicted molar refractivity (Wildman–Crippen MR) is 161 cm³/mol. The van der Waals surface area contributed by atoms with Gasteiger partial charge in [0.2, 0.25) is 11.8 Å². The SMILES string of the molecule is CCc1ccc2oc(-c3cc(NC(=S)NC(=O)/C=C/c4ccc(-c5cc(Cl)cc(Cl)c5)o4)ccc3Cl)nc2c1. The first-order chi connectivity index (χ1) is 18.8. The van der Waals surface area contributed by atoms with Gasteiger partial charge in [-0.1, -0.05) is 47.8 Å². The number of hydrogen-bond acceptors (Lipinski definition) is 5. The lowest BCUT2D eigenvalue weighted by Gasteiger charge is -2.09. The molecule has 3 aromatic carbocycles. The van der Waals surface area contributed by atoms with Gasteiger partial charge in [0.25, 0.3) is 0 Å². The van der Waals surface area contributed by atoms with E-state index in [9.17, 15) is 4.79 Å². The lowest BCUT2D eigenvalue weighted by Crippen LogP contribution is -2.32.